The van der Waals surface area contributed by atoms with Gasteiger partial charge in [-0.05, 0) is 49.8 Å². The monoisotopic (exact) mass is 240 g/mol. The van der Waals surface area contributed by atoms with Gasteiger partial charge in [-0.2, -0.15) is 0 Å². The van der Waals surface area contributed by atoms with Crippen LogP contribution in [0.15, 0.2) is 30.5 Å². The van der Waals surface area contributed by atoms with E-state index in [1.54, 1.807) is 0 Å². The summed E-state index contributed by atoms with van der Waals surface area (Å²) in [5.41, 5.74) is 2.82. The molecule has 18 heavy (non-hydrogen) atoms. The van der Waals surface area contributed by atoms with E-state index in [4.69, 9.17) is 0 Å². The molecule has 94 valence electrons. The molecular weight excluding hydrogens is 220 g/mol. The Labute approximate surface area is 108 Å². The van der Waals surface area contributed by atoms with Crippen molar-refractivity contribution in [2.45, 2.75) is 31.2 Å². The average molecular weight is 240 g/mol. The summed E-state index contributed by atoms with van der Waals surface area (Å²) >= 11 is 0. The zero-order valence-corrected chi connectivity index (χ0v) is 10.8. The van der Waals surface area contributed by atoms with E-state index < -0.39 is 0 Å². The fourth-order valence-corrected chi connectivity index (χ4v) is 4.52. The molecular formula is C16H20N2. The molecule has 1 heterocycles. The highest BCUT2D eigenvalue weighted by Crippen LogP contribution is 2.53. The fraction of sp³-hybridized carbons (Fsp3) is 0.500. The van der Waals surface area contributed by atoms with Crippen LogP contribution < -0.4 is 5.32 Å². The van der Waals surface area contributed by atoms with Gasteiger partial charge in [-0.25, -0.2) is 0 Å². The Kier molecular flexibility index (Phi) is 2.28. The second kappa shape index (κ2) is 3.86. The highest BCUT2D eigenvalue weighted by Gasteiger charge is 2.47. The molecule has 2 bridgehead atoms. The van der Waals surface area contributed by atoms with E-state index in [0.29, 0.717) is 12.0 Å². The maximum Gasteiger partial charge on any atom is 0.0456 e. The number of aromatic amines is 1. The molecule has 2 aliphatic carbocycles. The first-order chi connectivity index (χ1) is 8.88. The van der Waals surface area contributed by atoms with E-state index in [1.807, 2.05) is 0 Å². The molecule has 2 heteroatoms. The van der Waals surface area contributed by atoms with Crippen LogP contribution in [-0.2, 0) is 0 Å². The van der Waals surface area contributed by atoms with Gasteiger partial charge in [0.15, 0.2) is 0 Å². The molecule has 4 rings (SSSR count). The highest BCUT2D eigenvalue weighted by molar-refractivity contribution is 5.83. The Morgan fingerprint density at radius 2 is 2.00 bits per heavy atom. The van der Waals surface area contributed by atoms with Crippen molar-refractivity contribution in [1.29, 1.82) is 0 Å². The summed E-state index contributed by atoms with van der Waals surface area (Å²) in [6.07, 6.45) is 6.53. The van der Waals surface area contributed by atoms with Crippen LogP contribution in [0.2, 0.25) is 0 Å². The molecule has 2 aromatic rings. The third-order valence-electron chi connectivity index (χ3n) is 5.23. The van der Waals surface area contributed by atoms with Crippen molar-refractivity contribution in [3.8, 4) is 0 Å². The standard InChI is InChI=1S/C16H20N2/c1-17-16-11-7-6-10(8-11)15(16)13-9-18-14-5-3-2-4-12(13)14/h2-5,9-11,15-18H,6-8H2,1H3/t10-,11+,15+,16-/m0/s1. The Hall–Kier alpha value is -1.28. The van der Waals surface area contributed by atoms with Gasteiger partial charge >= 0.3 is 0 Å². The smallest absolute Gasteiger partial charge is 0.0456 e. The van der Waals surface area contributed by atoms with Gasteiger partial charge in [0.25, 0.3) is 0 Å². The average Bonchev–Trinajstić information content (AvgIpc) is 3.11. The van der Waals surface area contributed by atoms with E-state index in [2.05, 4.69) is 47.8 Å². The van der Waals surface area contributed by atoms with Crippen LogP contribution in [0.1, 0.15) is 30.7 Å². The minimum Gasteiger partial charge on any atom is -0.361 e. The van der Waals surface area contributed by atoms with Crippen molar-refractivity contribution in [3.05, 3.63) is 36.0 Å². The summed E-state index contributed by atoms with van der Waals surface area (Å²) in [6.45, 7) is 0. The molecule has 4 atom stereocenters. The molecule has 0 aliphatic heterocycles. The predicted molar refractivity (Wildman–Crippen MR) is 74.7 cm³/mol. The number of nitrogens with one attached hydrogen (secondary N) is 2. The second-order valence-electron chi connectivity index (χ2n) is 5.96. The van der Waals surface area contributed by atoms with Gasteiger partial charge in [0.2, 0.25) is 0 Å². The number of rotatable bonds is 2. The molecule has 2 nitrogen and oxygen atoms in total. The topological polar surface area (TPSA) is 27.8 Å². The molecule has 0 unspecified atom stereocenters. The quantitative estimate of drug-likeness (QED) is 0.828. The van der Waals surface area contributed by atoms with Crippen LogP contribution in [0, 0.1) is 11.8 Å². The van der Waals surface area contributed by atoms with E-state index >= 15 is 0 Å². The third kappa shape index (κ3) is 1.33. The Balaban J connectivity index is 1.82. The summed E-state index contributed by atoms with van der Waals surface area (Å²) in [4.78, 5) is 3.44. The summed E-state index contributed by atoms with van der Waals surface area (Å²) in [6, 6.07) is 9.39. The minimum atomic E-state index is 0.683. The number of hydrogen-bond donors (Lipinski definition) is 2. The molecule has 2 N–H and O–H groups in total. The predicted octanol–water partition coefficient (Wildman–Crippen LogP) is 3.27. The Morgan fingerprint density at radius 3 is 2.89 bits per heavy atom. The van der Waals surface area contributed by atoms with Gasteiger partial charge in [0.05, 0.1) is 0 Å². The van der Waals surface area contributed by atoms with Gasteiger partial charge in [0, 0.05) is 29.1 Å². The largest absolute Gasteiger partial charge is 0.361 e. The van der Waals surface area contributed by atoms with Crippen LogP contribution in [-0.4, -0.2) is 18.1 Å². The SMILES string of the molecule is CN[C@H]1[C@@H]2CC[C@@H](C2)[C@@H]1c1c[nH]c2ccccc12. The molecule has 2 saturated carbocycles. The number of benzene rings is 1. The van der Waals surface area contributed by atoms with Crippen molar-refractivity contribution in [3.63, 3.8) is 0 Å². The van der Waals surface area contributed by atoms with Gasteiger partial charge in [-0.15, -0.1) is 0 Å². The highest BCUT2D eigenvalue weighted by atomic mass is 14.9. The molecule has 1 aromatic carbocycles. The lowest BCUT2D eigenvalue weighted by Gasteiger charge is -2.30. The third-order valence-corrected chi connectivity index (χ3v) is 5.23. The summed E-state index contributed by atoms with van der Waals surface area (Å²) in [7, 11) is 2.13. The zero-order chi connectivity index (χ0) is 12.1. The second-order valence-corrected chi connectivity index (χ2v) is 5.96. The minimum absolute atomic E-state index is 0.683. The van der Waals surface area contributed by atoms with E-state index in [9.17, 15) is 0 Å². The van der Waals surface area contributed by atoms with Crippen molar-refractivity contribution in [2.24, 2.45) is 11.8 Å². The van der Waals surface area contributed by atoms with Gasteiger partial charge in [-0.1, -0.05) is 18.2 Å². The molecule has 0 saturated heterocycles. The number of aromatic nitrogens is 1. The molecule has 2 aliphatic rings. The Bertz CT molecular complexity index is 571. The summed E-state index contributed by atoms with van der Waals surface area (Å²) in [5, 5.41) is 5.01. The van der Waals surface area contributed by atoms with Crippen LogP contribution in [0.4, 0.5) is 0 Å². The number of fused-ring (bicyclic) bond motifs is 3. The molecule has 0 amide bonds. The Morgan fingerprint density at radius 1 is 1.17 bits per heavy atom. The number of likely N-dealkylation sites (N-methyl/N-ethyl adjacent to an activating group) is 1. The zero-order valence-electron chi connectivity index (χ0n) is 10.8. The van der Waals surface area contributed by atoms with E-state index in [-0.39, 0.29) is 0 Å². The number of H-pyrrole nitrogens is 1. The molecule has 0 radical (unpaired) electrons. The lowest BCUT2D eigenvalue weighted by Crippen LogP contribution is -2.36. The van der Waals surface area contributed by atoms with Crippen molar-refractivity contribution < 1.29 is 0 Å². The first-order valence-electron chi connectivity index (χ1n) is 7.12. The van der Waals surface area contributed by atoms with Gasteiger partial charge in [0.1, 0.15) is 0 Å². The van der Waals surface area contributed by atoms with Gasteiger partial charge < -0.3 is 10.3 Å². The maximum absolute atomic E-state index is 3.58. The van der Waals surface area contributed by atoms with Gasteiger partial charge in [-0.3, -0.25) is 0 Å². The normalized spacial score (nSPS) is 34.5. The van der Waals surface area contributed by atoms with Crippen LogP contribution in [0.5, 0.6) is 0 Å². The maximum atomic E-state index is 3.58. The number of para-hydroxylation sites is 1. The lowest BCUT2D eigenvalue weighted by atomic mass is 9.80. The lowest BCUT2D eigenvalue weighted by molar-refractivity contribution is 0.327. The van der Waals surface area contributed by atoms with Crippen LogP contribution >= 0.6 is 0 Å². The fourth-order valence-electron chi connectivity index (χ4n) is 4.52. The number of hydrogen-bond acceptors (Lipinski definition) is 1. The molecule has 0 spiro atoms. The van der Waals surface area contributed by atoms with Crippen molar-refractivity contribution in [1.82, 2.24) is 10.3 Å². The van der Waals surface area contributed by atoms with Crippen molar-refractivity contribution in [2.75, 3.05) is 7.05 Å². The molecule has 2 fully saturated rings. The summed E-state index contributed by atoms with van der Waals surface area (Å²) in [5.74, 6) is 2.51. The van der Waals surface area contributed by atoms with Crippen LogP contribution in [0.3, 0.4) is 0 Å². The van der Waals surface area contributed by atoms with Crippen LogP contribution in [0.25, 0.3) is 10.9 Å². The summed E-state index contributed by atoms with van der Waals surface area (Å²) < 4.78 is 0. The first-order valence-corrected chi connectivity index (χ1v) is 7.12. The van der Waals surface area contributed by atoms with E-state index in [1.165, 1.54) is 35.7 Å². The molecule has 1 aromatic heterocycles. The first kappa shape index (κ1) is 10.6. The van der Waals surface area contributed by atoms with Crippen molar-refractivity contribution >= 4 is 10.9 Å². The van der Waals surface area contributed by atoms with E-state index in [0.717, 1.165) is 11.8 Å².